The van der Waals surface area contributed by atoms with Gasteiger partial charge in [-0.05, 0) is 17.3 Å². The summed E-state index contributed by atoms with van der Waals surface area (Å²) in [5.41, 5.74) is -2.13. The second-order valence-corrected chi connectivity index (χ2v) is 6.93. The number of nitrogens with zero attached hydrogens (tertiary/aromatic N) is 2. The van der Waals surface area contributed by atoms with Gasteiger partial charge in [0.05, 0.1) is 12.8 Å². The van der Waals surface area contributed by atoms with E-state index in [4.69, 9.17) is 4.74 Å². The fourth-order valence-corrected chi connectivity index (χ4v) is 4.04. The first-order valence-corrected chi connectivity index (χ1v) is 8.88. The molecular formula is C15H17N3O6S. The summed E-state index contributed by atoms with van der Waals surface area (Å²) in [5, 5.41) is 5.39. The quantitative estimate of drug-likeness (QED) is 0.553. The first-order valence-electron chi connectivity index (χ1n) is 7.44. The van der Waals surface area contributed by atoms with Crippen LogP contribution in [0.25, 0.3) is 0 Å². The summed E-state index contributed by atoms with van der Waals surface area (Å²) in [4.78, 5) is 34.0. The average Bonchev–Trinajstić information content (AvgIpc) is 2.61. The third-order valence-electron chi connectivity index (χ3n) is 3.74. The van der Waals surface area contributed by atoms with Crippen molar-refractivity contribution in [1.29, 1.82) is 0 Å². The summed E-state index contributed by atoms with van der Waals surface area (Å²) in [6.45, 7) is 3.79. The van der Waals surface area contributed by atoms with Gasteiger partial charge in [-0.3, -0.25) is 9.59 Å². The van der Waals surface area contributed by atoms with E-state index in [2.05, 4.69) is 10.5 Å². The van der Waals surface area contributed by atoms with Crippen LogP contribution >= 0.6 is 0 Å². The van der Waals surface area contributed by atoms with E-state index in [1.54, 1.807) is 13.8 Å². The van der Waals surface area contributed by atoms with E-state index in [1.807, 2.05) is 0 Å². The number of benzene rings is 1. The Balaban J connectivity index is 2.56. The Morgan fingerprint density at radius 3 is 2.32 bits per heavy atom. The van der Waals surface area contributed by atoms with Crippen molar-refractivity contribution < 1.29 is 13.2 Å². The number of rotatable bonds is 8. The number of methoxy groups -OCH3 is 1. The normalized spacial score (nSPS) is 11.7. The molecule has 0 amide bonds. The van der Waals surface area contributed by atoms with Crippen LogP contribution in [0.3, 0.4) is 0 Å². The Morgan fingerprint density at radius 1 is 1.16 bits per heavy atom. The lowest BCUT2D eigenvalue weighted by Crippen LogP contribution is -2.34. The molecule has 1 N–H and O–H groups in total. The molecule has 0 fully saturated rings. The molecule has 0 aliphatic carbocycles. The fraction of sp³-hybridized carbons (Fsp3) is 0.333. The zero-order valence-electron chi connectivity index (χ0n) is 13.9. The zero-order chi connectivity index (χ0) is 18.8. The molecule has 0 unspecified atom stereocenters. The Bertz CT molecular complexity index is 972. The molecule has 0 heterocycles. The van der Waals surface area contributed by atoms with Crippen molar-refractivity contribution >= 4 is 27.1 Å². The highest BCUT2D eigenvalue weighted by Crippen LogP contribution is 2.36. The molecule has 0 saturated heterocycles. The maximum atomic E-state index is 12.7. The van der Waals surface area contributed by atoms with Gasteiger partial charge in [-0.1, -0.05) is 19.9 Å². The Morgan fingerprint density at radius 2 is 1.80 bits per heavy atom. The van der Waals surface area contributed by atoms with Crippen LogP contribution in [0.15, 0.2) is 37.9 Å². The molecule has 25 heavy (non-hydrogen) atoms. The van der Waals surface area contributed by atoms with Gasteiger partial charge < -0.3 is 10.1 Å². The van der Waals surface area contributed by atoms with Crippen LogP contribution in [0.5, 0.6) is 5.75 Å². The predicted molar refractivity (Wildman–Crippen MR) is 93.2 cm³/mol. The largest absolute Gasteiger partial charge is 0.491 e. The lowest BCUT2D eigenvalue weighted by molar-refractivity contribution is 0.408. The minimum absolute atomic E-state index is 0.00590. The van der Waals surface area contributed by atoms with Crippen molar-refractivity contribution in [3.05, 3.63) is 43.6 Å². The minimum Gasteiger partial charge on any atom is -0.491 e. The van der Waals surface area contributed by atoms with Gasteiger partial charge in [-0.2, -0.15) is 4.31 Å². The molecule has 0 aliphatic rings. The van der Waals surface area contributed by atoms with Gasteiger partial charge in [0, 0.05) is 13.1 Å². The standard InChI is InChI=1S/C15H17N3O6S/c1-4-18(5-2)25(22,23)10-8-6-7-9(11(10)17-21)16-12-13(19)14(20)15(12)24-3/h6-8,16H,4-5H2,1-3H3. The molecule has 2 rings (SSSR count). The van der Waals surface area contributed by atoms with Gasteiger partial charge in [0.1, 0.15) is 10.6 Å². The molecular weight excluding hydrogens is 350 g/mol. The topological polar surface area (TPSA) is 122 Å². The number of ether oxygens (including phenoxy) is 1. The summed E-state index contributed by atoms with van der Waals surface area (Å²) in [7, 11) is -2.71. The maximum absolute atomic E-state index is 12.7. The number of hydrogen-bond acceptors (Lipinski definition) is 8. The fourth-order valence-electron chi connectivity index (χ4n) is 2.44. The van der Waals surface area contributed by atoms with Gasteiger partial charge in [0.25, 0.3) is 10.9 Å². The van der Waals surface area contributed by atoms with Crippen molar-refractivity contribution in [2.45, 2.75) is 18.7 Å². The van der Waals surface area contributed by atoms with E-state index in [-0.39, 0.29) is 40.8 Å². The highest BCUT2D eigenvalue weighted by Gasteiger charge is 2.28. The summed E-state index contributed by atoms with van der Waals surface area (Å²) in [6, 6.07) is 4.05. The Kier molecular flexibility index (Phi) is 5.33. The lowest BCUT2D eigenvalue weighted by Gasteiger charge is -2.20. The van der Waals surface area contributed by atoms with Crippen LogP contribution in [-0.4, -0.2) is 32.9 Å². The summed E-state index contributed by atoms with van der Waals surface area (Å²) in [5.74, 6) is -0.182. The Labute approximate surface area is 143 Å². The molecule has 0 bridgehead atoms. The van der Waals surface area contributed by atoms with Crippen LogP contribution in [0.4, 0.5) is 17.1 Å². The molecule has 0 aromatic heterocycles. The number of nitrogens with one attached hydrogen (secondary N) is 1. The van der Waals surface area contributed by atoms with Gasteiger partial charge in [-0.25, -0.2) is 8.42 Å². The molecule has 2 aromatic carbocycles. The number of sulfonamides is 1. The monoisotopic (exact) mass is 367 g/mol. The predicted octanol–water partition coefficient (Wildman–Crippen LogP) is 1.46. The first kappa shape index (κ1) is 18.7. The summed E-state index contributed by atoms with van der Waals surface area (Å²) < 4.78 is 31.3. The smallest absolute Gasteiger partial charge is 0.272 e. The molecule has 0 spiro atoms. The van der Waals surface area contributed by atoms with E-state index in [9.17, 15) is 22.9 Å². The molecule has 9 nitrogen and oxygen atoms in total. The van der Waals surface area contributed by atoms with Crippen molar-refractivity contribution in [3.63, 3.8) is 0 Å². The molecule has 0 atom stereocenters. The van der Waals surface area contributed by atoms with Crippen molar-refractivity contribution in [2.75, 3.05) is 25.5 Å². The molecule has 134 valence electrons. The zero-order valence-corrected chi connectivity index (χ0v) is 14.7. The van der Waals surface area contributed by atoms with E-state index in [1.165, 1.54) is 29.6 Å². The highest BCUT2D eigenvalue weighted by molar-refractivity contribution is 7.89. The third kappa shape index (κ3) is 3.05. The minimum atomic E-state index is -3.93. The van der Waals surface area contributed by atoms with Crippen LogP contribution in [0.1, 0.15) is 13.8 Å². The molecule has 0 radical (unpaired) electrons. The SMILES string of the molecule is CCN(CC)S(=O)(=O)c1cccc(Nc2c(OC)c(=O)c2=O)c1N=O. The van der Waals surface area contributed by atoms with Crippen molar-refractivity contribution in [1.82, 2.24) is 4.31 Å². The summed E-state index contributed by atoms with van der Waals surface area (Å²) >= 11 is 0. The first-order chi connectivity index (χ1) is 11.8. The van der Waals surface area contributed by atoms with Crippen LogP contribution in [0, 0.1) is 4.91 Å². The van der Waals surface area contributed by atoms with Gasteiger partial charge >= 0.3 is 0 Å². The van der Waals surface area contributed by atoms with E-state index in [0.29, 0.717) is 0 Å². The summed E-state index contributed by atoms with van der Waals surface area (Å²) in [6.07, 6.45) is 0. The van der Waals surface area contributed by atoms with Crippen molar-refractivity contribution in [3.8, 4) is 5.75 Å². The van der Waals surface area contributed by atoms with Crippen molar-refractivity contribution in [2.24, 2.45) is 5.18 Å². The van der Waals surface area contributed by atoms with E-state index in [0.717, 1.165) is 0 Å². The van der Waals surface area contributed by atoms with Gasteiger partial charge in [0.2, 0.25) is 10.0 Å². The van der Waals surface area contributed by atoms with Gasteiger partial charge in [0.15, 0.2) is 11.4 Å². The average molecular weight is 367 g/mol. The van der Waals surface area contributed by atoms with Crippen LogP contribution in [-0.2, 0) is 10.0 Å². The third-order valence-corrected chi connectivity index (χ3v) is 5.83. The molecule has 2 aromatic rings. The number of hydrogen-bond donors (Lipinski definition) is 1. The second-order valence-electron chi connectivity index (χ2n) is 5.02. The van der Waals surface area contributed by atoms with Crippen LogP contribution < -0.4 is 20.9 Å². The second kappa shape index (κ2) is 7.11. The van der Waals surface area contributed by atoms with Gasteiger partial charge in [-0.15, -0.1) is 4.91 Å². The number of nitroso groups, excluding NO2 is 1. The molecule has 10 heteroatoms. The molecule has 0 aliphatic heterocycles. The number of anilines is 2. The maximum Gasteiger partial charge on any atom is 0.272 e. The molecule has 0 saturated carbocycles. The Hall–Kier alpha value is -2.59. The van der Waals surface area contributed by atoms with E-state index < -0.39 is 20.9 Å². The highest BCUT2D eigenvalue weighted by atomic mass is 32.2. The van der Waals surface area contributed by atoms with Crippen LogP contribution in [0.2, 0.25) is 0 Å². The van der Waals surface area contributed by atoms with E-state index >= 15 is 0 Å². The lowest BCUT2D eigenvalue weighted by atomic mass is 10.2.